The van der Waals surface area contributed by atoms with Crippen LogP contribution in [0.1, 0.15) is 22.7 Å². The first-order chi connectivity index (χ1) is 8.25. The number of aromatic nitrogens is 3. The molecule has 0 unspecified atom stereocenters. The van der Waals surface area contributed by atoms with E-state index in [0.29, 0.717) is 17.3 Å². The zero-order chi connectivity index (χ0) is 12.1. The first-order valence-corrected chi connectivity index (χ1v) is 5.74. The molecule has 5 nitrogen and oxygen atoms in total. The maximum Gasteiger partial charge on any atom is 0.267 e. The molecule has 0 radical (unpaired) electrons. The van der Waals surface area contributed by atoms with Gasteiger partial charge in [0.05, 0.1) is 5.02 Å². The quantitative estimate of drug-likeness (QED) is 0.710. The molecular weight excluding hydrogens is 240 g/mol. The Labute approximate surface area is 104 Å². The third-order valence-electron chi connectivity index (χ3n) is 2.32. The minimum absolute atomic E-state index is 0.142. The van der Waals surface area contributed by atoms with Crippen molar-refractivity contribution in [1.82, 2.24) is 20.3 Å². The van der Waals surface area contributed by atoms with Gasteiger partial charge in [0.2, 0.25) is 0 Å². The van der Waals surface area contributed by atoms with E-state index in [1.807, 2.05) is 0 Å². The lowest BCUT2D eigenvalue weighted by atomic mass is 10.3. The highest BCUT2D eigenvalue weighted by Gasteiger charge is 2.06. The van der Waals surface area contributed by atoms with E-state index in [9.17, 15) is 4.79 Å². The van der Waals surface area contributed by atoms with Crippen LogP contribution in [-0.4, -0.2) is 27.4 Å². The van der Waals surface area contributed by atoms with Crippen LogP contribution in [0.5, 0.6) is 0 Å². The molecule has 0 saturated carbocycles. The van der Waals surface area contributed by atoms with Crippen molar-refractivity contribution in [2.45, 2.75) is 12.8 Å². The smallest absolute Gasteiger partial charge is 0.267 e. The van der Waals surface area contributed by atoms with Crippen molar-refractivity contribution in [1.29, 1.82) is 0 Å². The fraction of sp³-hybridized carbons (Fsp3) is 0.273. The number of halogens is 1. The van der Waals surface area contributed by atoms with Crippen LogP contribution in [0.25, 0.3) is 0 Å². The number of hydrogen-bond donors (Lipinski definition) is 3. The van der Waals surface area contributed by atoms with Gasteiger partial charge in [0.15, 0.2) is 0 Å². The Kier molecular flexibility index (Phi) is 3.82. The van der Waals surface area contributed by atoms with E-state index in [2.05, 4.69) is 20.3 Å². The standard InChI is InChI=1S/C11H13ClN4O/c12-8-6-9(16-7-8)11(17)15-3-1-2-10-13-4-5-14-10/h4-7,16H,1-3H2,(H,13,14)(H,15,17). The minimum atomic E-state index is -0.142. The van der Waals surface area contributed by atoms with Gasteiger partial charge in [-0.25, -0.2) is 4.98 Å². The SMILES string of the molecule is O=C(NCCCc1ncc[nH]1)c1cc(Cl)c[nH]1. The van der Waals surface area contributed by atoms with Gasteiger partial charge < -0.3 is 15.3 Å². The van der Waals surface area contributed by atoms with Gasteiger partial charge in [-0.1, -0.05) is 11.6 Å². The normalized spacial score (nSPS) is 10.4. The molecule has 2 rings (SSSR count). The van der Waals surface area contributed by atoms with Gasteiger partial charge in [-0.05, 0) is 12.5 Å². The van der Waals surface area contributed by atoms with Crippen LogP contribution in [-0.2, 0) is 6.42 Å². The number of amides is 1. The second kappa shape index (κ2) is 5.54. The van der Waals surface area contributed by atoms with Gasteiger partial charge in [0.25, 0.3) is 5.91 Å². The average Bonchev–Trinajstić information content (AvgIpc) is 2.95. The monoisotopic (exact) mass is 252 g/mol. The van der Waals surface area contributed by atoms with Crippen molar-refractivity contribution in [3.8, 4) is 0 Å². The molecule has 17 heavy (non-hydrogen) atoms. The first-order valence-electron chi connectivity index (χ1n) is 5.36. The fourth-order valence-electron chi connectivity index (χ4n) is 1.49. The second-order valence-electron chi connectivity index (χ2n) is 3.63. The zero-order valence-electron chi connectivity index (χ0n) is 9.16. The van der Waals surface area contributed by atoms with Crippen molar-refractivity contribution >= 4 is 17.5 Å². The Morgan fingerprint density at radius 2 is 2.35 bits per heavy atom. The molecule has 2 heterocycles. The Bertz CT molecular complexity index is 477. The van der Waals surface area contributed by atoms with Gasteiger partial charge in [-0.3, -0.25) is 4.79 Å². The Morgan fingerprint density at radius 3 is 3.00 bits per heavy atom. The molecule has 0 bridgehead atoms. The van der Waals surface area contributed by atoms with Crippen LogP contribution in [0.15, 0.2) is 24.7 Å². The summed E-state index contributed by atoms with van der Waals surface area (Å²) >= 11 is 5.71. The van der Waals surface area contributed by atoms with Crippen LogP contribution in [0.2, 0.25) is 5.02 Å². The van der Waals surface area contributed by atoms with Crippen molar-refractivity contribution < 1.29 is 4.79 Å². The van der Waals surface area contributed by atoms with Crippen molar-refractivity contribution in [2.75, 3.05) is 6.54 Å². The summed E-state index contributed by atoms with van der Waals surface area (Å²) in [6.07, 6.45) is 6.75. The number of nitrogens with zero attached hydrogens (tertiary/aromatic N) is 1. The highest BCUT2D eigenvalue weighted by Crippen LogP contribution is 2.08. The van der Waals surface area contributed by atoms with E-state index in [4.69, 9.17) is 11.6 Å². The number of imidazole rings is 1. The van der Waals surface area contributed by atoms with Crippen LogP contribution >= 0.6 is 11.6 Å². The summed E-state index contributed by atoms with van der Waals surface area (Å²) in [5.41, 5.74) is 0.480. The zero-order valence-corrected chi connectivity index (χ0v) is 9.92. The summed E-state index contributed by atoms with van der Waals surface area (Å²) in [7, 11) is 0. The molecule has 2 aromatic rings. The predicted molar refractivity (Wildman–Crippen MR) is 65.0 cm³/mol. The van der Waals surface area contributed by atoms with E-state index in [1.54, 1.807) is 24.7 Å². The molecule has 6 heteroatoms. The van der Waals surface area contributed by atoms with Gasteiger partial charge in [0.1, 0.15) is 11.5 Å². The number of rotatable bonds is 5. The molecule has 0 aromatic carbocycles. The third kappa shape index (κ3) is 3.35. The van der Waals surface area contributed by atoms with Crippen molar-refractivity contribution in [2.24, 2.45) is 0 Å². The van der Waals surface area contributed by atoms with Gasteiger partial charge in [-0.2, -0.15) is 0 Å². The summed E-state index contributed by atoms with van der Waals surface area (Å²) in [6, 6.07) is 1.60. The van der Waals surface area contributed by atoms with E-state index >= 15 is 0 Å². The lowest BCUT2D eigenvalue weighted by Gasteiger charge is -2.02. The molecule has 0 aliphatic heterocycles. The average molecular weight is 253 g/mol. The first kappa shape index (κ1) is 11.7. The Balaban J connectivity index is 1.70. The summed E-state index contributed by atoms with van der Waals surface area (Å²) < 4.78 is 0. The summed E-state index contributed by atoms with van der Waals surface area (Å²) in [5, 5.41) is 3.34. The number of aromatic amines is 2. The molecule has 90 valence electrons. The maximum absolute atomic E-state index is 11.6. The van der Waals surface area contributed by atoms with Crippen LogP contribution in [0, 0.1) is 0 Å². The molecule has 0 aliphatic rings. The van der Waals surface area contributed by atoms with Crippen LogP contribution in [0.3, 0.4) is 0 Å². The highest BCUT2D eigenvalue weighted by molar-refractivity contribution is 6.30. The molecule has 0 fully saturated rings. The molecule has 0 atom stereocenters. The second-order valence-corrected chi connectivity index (χ2v) is 4.06. The van der Waals surface area contributed by atoms with Gasteiger partial charge in [0, 0.05) is 31.6 Å². The van der Waals surface area contributed by atoms with Gasteiger partial charge in [-0.15, -0.1) is 0 Å². The van der Waals surface area contributed by atoms with E-state index in [1.165, 1.54) is 0 Å². The maximum atomic E-state index is 11.6. The summed E-state index contributed by atoms with van der Waals surface area (Å²) in [5.74, 6) is 0.790. The summed E-state index contributed by atoms with van der Waals surface area (Å²) in [4.78, 5) is 21.5. The fourth-order valence-corrected chi connectivity index (χ4v) is 1.65. The molecule has 0 aliphatic carbocycles. The van der Waals surface area contributed by atoms with E-state index in [0.717, 1.165) is 18.7 Å². The third-order valence-corrected chi connectivity index (χ3v) is 2.54. The predicted octanol–water partition coefficient (Wildman–Crippen LogP) is 1.75. The number of aryl methyl sites for hydroxylation is 1. The number of carbonyl (C=O) groups is 1. The van der Waals surface area contributed by atoms with Crippen molar-refractivity contribution in [3.05, 3.63) is 41.2 Å². The largest absolute Gasteiger partial charge is 0.356 e. The number of hydrogen-bond acceptors (Lipinski definition) is 2. The number of H-pyrrole nitrogens is 2. The molecule has 3 N–H and O–H groups in total. The van der Waals surface area contributed by atoms with Crippen molar-refractivity contribution in [3.63, 3.8) is 0 Å². The molecule has 1 amide bonds. The van der Waals surface area contributed by atoms with Crippen LogP contribution < -0.4 is 5.32 Å². The highest BCUT2D eigenvalue weighted by atomic mass is 35.5. The van der Waals surface area contributed by atoms with Gasteiger partial charge >= 0.3 is 0 Å². The summed E-state index contributed by atoms with van der Waals surface area (Å²) in [6.45, 7) is 0.607. The topological polar surface area (TPSA) is 73.6 Å². The Hall–Kier alpha value is -1.75. The molecule has 2 aromatic heterocycles. The molecule has 0 saturated heterocycles. The number of nitrogens with one attached hydrogen (secondary N) is 3. The molecular formula is C11H13ClN4O. The van der Waals surface area contributed by atoms with E-state index in [-0.39, 0.29) is 5.91 Å². The lowest BCUT2D eigenvalue weighted by molar-refractivity contribution is 0.0949. The lowest BCUT2D eigenvalue weighted by Crippen LogP contribution is -2.25. The van der Waals surface area contributed by atoms with Crippen LogP contribution in [0.4, 0.5) is 0 Å². The number of carbonyl (C=O) groups excluding carboxylic acids is 1. The van der Waals surface area contributed by atoms with E-state index < -0.39 is 0 Å². The minimum Gasteiger partial charge on any atom is -0.356 e. The molecule has 0 spiro atoms. The Morgan fingerprint density at radius 1 is 1.47 bits per heavy atom.